The van der Waals surface area contributed by atoms with Crippen LogP contribution < -0.4 is 0 Å². The van der Waals surface area contributed by atoms with Gasteiger partial charge >= 0.3 is 0 Å². The number of H-pyrrole nitrogens is 1. The minimum Gasteiger partial charge on any atom is -0.507 e. The SMILES string of the molecule is Cc1n[nH]c(C)c1C(O)=C1C(=O)C(=O)N(Cc2cccnc2)[C@@H]1c1ccc(C(C)C)cc1. The third-order valence-corrected chi connectivity index (χ3v) is 5.90. The van der Waals surface area contributed by atoms with E-state index in [1.807, 2.05) is 30.3 Å². The van der Waals surface area contributed by atoms with Crippen LogP contribution >= 0.6 is 0 Å². The van der Waals surface area contributed by atoms with Crippen LogP contribution in [0.3, 0.4) is 0 Å². The summed E-state index contributed by atoms with van der Waals surface area (Å²) in [5, 5.41) is 18.2. The number of Topliss-reactive ketones (excluding diaryl/α,β-unsaturated/α-hetero) is 1. The lowest BCUT2D eigenvalue weighted by molar-refractivity contribution is -0.140. The molecule has 164 valence electrons. The largest absolute Gasteiger partial charge is 0.507 e. The van der Waals surface area contributed by atoms with Gasteiger partial charge in [0, 0.05) is 24.6 Å². The molecule has 1 saturated heterocycles. The molecule has 1 fully saturated rings. The molecular weight excluding hydrogens is 404 g/mol. The smallest absolute Gasteiger partial charge is 0.295 e. The first-order chi connectivity index (χ1) is 15.3. The Labute approximate surface area is 186 Å². The molecule has 32 heavy (non-hydrogen) atoms. The molecule has 0 aliphatic carbocycles. The number of aliphatic hydroxyl groups excluding tert-OH is 1. The summed E-state index contributed by atoms with van der Waals surface area (Å²) in [6.45, 7) is 7.93. The van der Waals surface area contributed by atoms with E-state index in [0.717, 1.165) is 16.7 Å². The molecule has 1 aliphatic rings. The summed E-state index contributed by atoms with van der Waals surface area (Å²) in [6.07, 6.45) is 3.33. The fourth-order valence-corrected chi connectivity index (χ4v) is 4.18. The van der Waals surface area contributed by atoms with Crippen LogP contribution in [0.2, 0.25) is 0 Å². The molecule has 2 aromatic heterocycles. The van der Waals surface area contributed by atoms with Gasteiger partial charge in [-0.05, 0) is 42.5 Å². The van der Waals surface area contributed by atoms with E-state index in [2.05, 4.69) is 29.0 Å². The Balaban J connectivity index is 1.88. The monoisotopic (exact) mass is 430 g/mol. The summed E-state index contributed by atoms with van der Waals surface area (Å²) < 4.78 is 0. The number of nitrogens with one attached hydrogen (secondary N) is 1. The topological polar surface area (TPSA) is 99.2 Å². The van der Waals surface area contributed by atoms with E-state index < -0.39 is 17.7 Å². The first-order valence-corrected chi connectivity index (χ1v) is 10.6. The number of likely N-dealkylation sites (tertiary alicyclic amines) is 1. The first kappa shape index (κ1) is 21.5. The van der Waals surface area contributed by atoms with E-state index in [1.165, 1.54) is 4.90 Å². The molecule has 0 bridgehead atoms. The van der Waals surface area contributed by atoms with Crippen molar-refractivity contribution in [3.63, 3.8) is 0 Å². The van der Waals surface area contributed by atoms with Crippen LogP contribution in [0.15, 0.2) is 54.4 Å². The van der Waals surface area contributed by atoms with Gasteiger partial charge < -0.3 is 10.0 Å². The number of aromatic amines is 1. The van der Waals surface area contributed by atoms with E-state index in [0.29, 0.717) is 22.9 Å². The van der Waals surface area contributed by atoms with Crippen molar-refractivity contribution in [2.24, 2.45) is 0 Å². The van der Waals surface area contributed by atoms with Crippen molar-refractivity contribution < 1.29 is 14.7 Å². The highest BCUT2D eigenvalue weighted by atomic mass is 16.3. The molecule has 4 rings (SSSR count). The number of ketones is 1. The van der Waals surface area contributed by atoms with Gasteiger partial charge in [0.05, 0.1) is 22.9 Å². The molecule has 1 amide bonds. The lowest BCUT2D eigenvalue weighted by Crippen LogP contribution is -2.29. The second kappa shape index (κ2) is 8.42. The van der Waals surface area contributed by atoms with Gasteiger partial charge in [-0.15, -0.1) is 0 Å². The van der Waals surface area contributed by atoms with Crippen LogP contribution in [0.4, 0.5) is 0 Å². The van der Waals surface area contributed by atoms with E-state index in [4.69, 9.17) is 0 Å². The molecule has 0 unspecified atom stereocenters. The summed E-state index contributed by atoms with van der Waals surface area (Å²) in [5.41, 5.74) is 4.43. The van der Waals surface area contributed by atoms with E-state index in [1.54, 1.807) is 32.3 Å². The van der Waals surface area contributed by atoms with Crippen molar-refractivity contribution in [2.75, 3.05) is 0 Å². The molecule has 2 N–H and O–H groups in total. The molecule has 0 saturated carbocycles. The molecule has 7 nitrogen and oxygen atoms in total. The third kappa shape index (κ3) is 3.70. The van der Waals surface area contributed by atoms with Gasteiger partial charge in [-0.25, -0.2) is 0 Å². The minimum absolute atomic E-state index is 0.0730. The lowest BCUT2D eigenvalue weighted by atomic mass is 9.92. The highest BCUT2D eigenvalue weighted by molar-refractivity contribution is 6.46. The number of pyridine rings is 1. The van der Waals surface area contributed by atoms with Gasteiger partial charge in [0.25, 0.3) is 11.7 Å². The number of amides is 1. The van der Waals surface area contributed by atoms with Gasteiger partial charge in [-0.3, -0.25) is 19.7 Å². The van der Waals surface area contributed by atoms with Crippen LogP contribution in [-0.4, -0.2) is 36.9 Å². The molecule has 0 spiro atoms. The maximum absolute atomic E-state index is 13.2. The van der Waals surface area contributed by atoms with E-state index >= 15 is 0 Å². The van der Waals surface area contributed by atoms with Crippen molar-refractivity contribution >= 4 is 17.4 Å². The van der Waals surface area contributed by atoms with Gasteiger partial charge in [-0.2, -0.15) is 5.10 Å². The third-order valence-electron chi connectivity index (χ3n) is 5.90. The van der Waals surface area contributed by atoms with E-state index in [9.17, 15) is 14.7 Å². The zero-order valence-electron chi connectivity index (χ0n) is 18.6. The van der Waals surface area contributed by atoms with Crippen molar-refractivity contribution in [3.8, 4) is 0 Å². The van der Waals surface area contributed by atoms with Gasteiger partial charge in [0.2, 0.25) is 0 Å². The minimum atomic E-state index is -0.717. The number of hydrogen-bond acceptors (Lipinski definition) is 5. The van der Waals surface area contributed by atoms with Crippen LogP contribution in [0.1, 0.15) is 59.4 Å². The number of aromatic nitrogens is 3. The highest BCUT2D eigenvalue weighted by Gasteiger charge is 2.46. The fraction of sp³-hybridized carbons (Fsp3) is 0.280. The van der Waals surface area contributed by atoms with Crippen LogP contribution in [0, 0.1) is 13.8 Å². The Hall–Kier alpha value is -3.74. The number of hydrogen-bond donors (Lipinski definition) is 2. The van der Waals surface area contributed by atoms with Gasteiger partial charge in [0.15, 0.2) is 0 Å². The molecule has 3 heterocycles. The number of carbonyl (C=O) groups excluding carboxylic acids is 2. The number of benzene rings is 1. The Morgan fingerprint density at radius 3 is 2.44 bits per heavy atom. The van der Waals surface area contributed by atoms with Gasteiger partial charge in [0.1, 0.15) is 5.76 Å². The zero-order chi connectivity index (χ0) is 23.0. The summed E-state index contributed by atoms with van der Waals surface area (Å²) in [4.78, 5) is 31.9. The number of carbonyl (C=O) groups is 2. The van der Waals surface area contributed by atoms with Crippen LogP contribution in [0.5, 0.6) is 0 Å². The number of rotatable bonds is 5. The van der Waals surface area contributed by atoms with Crippen molar-refractivity contribution in [1.82, 2.24) is 20.1 Å². The Morgan fingerprint density at radius 1 is 1.16 bits per heavy atom. The van der Waals surface area contributed by atoms with Crippen molar-refractivity contribution in [3.05, 3.63) is 88.0 Å². The summed E-state index contributed by atoms with van der Waals surface area (Å²) >= 11 is 0. The summed E-state index contributed by atoms with van der Waals surface area (Å²) in [7, 11) is 0. The van der Waals surface area contributed by atoms with Crippen molar-refractivity contribution in [2.45, 2.75) is 46.2 Å². The predicted molar refractivity (Wildman–Crippen MR) is 121 cm³/mol. The molecule has 1 atom stereocenters. The van der Waals surface area contributed by atoms with Crippen LogP contribution in [-0.2, 0) is 16.1 Å². The summed E-state index contributed by atoms with van der Waals surface area (Å²) in [6, 6.07) is 10.8. The normalized spacial score (nSPS) is 18.0. The maximum atomic E-state index is 13.2. The fourth-order valence-electron chi connectivity index (χ4n) is 4.18. The standard InChI is InChI=1S/C25H26N4O3/c1-14(2)18-7-9-19(10-8-18)22-21(23(30)20-15(3)27-28-16(20)4)24(31)25(32)29(22)13-17-6-5-11-26-12-17/h5-12,14,22,30H,13H2,1-4H3,(H,27,28)/t22-/m1/s1. The van der Waals surface area contributed by atoms with Gasteiger partial charge in [-0.1, -0.05) is 44.2 Å². The quantitative estimate of drug-likeness (QED) is 0.360. The maximum Gasteiger partial charge on any atom is 0.295 e. The average Bonchev–Trinajstić information content (AvgIpc) is 3.25. The number of aliphatic hydroxyl groups is 1. The number of nitrogens with zero attached hydrogens (tertiary/aromatic N) is 3. The second-order valence-electron chi connectivity index (χ2n) is 8.42. The Bertz CT molecular complexity index is 1170. The molecule has 1 aliphatic heterocycles. The molecule has 0 radical (unpaired) electrons. The van der Waals surface area contributed by atoms with E-state index in [-0.39, 0.29) is 17.9 Å². The molecule has 7 heteroatoms. The van der Waals surface area contributed by atoms with Crippen molar-refractivity contribution in [1.29, 1.82) is 0 Å². The molecule has 1 aromatic carbocycles. The Kier molecular flexibility index (Phi) is 5.65. The first-order valence-electron chi connectivity index (χ1n) is 10.6. The summed E-state index contributed by atoms with van der Waals surface area (Å²) in [5.74, 6) is -1.21. The molecular formula is C25H26N4O3. The van der Waals surface area contributed by atoms with Crippen LogP contribution in [0.25, 0.3) is 5.76 Å². The molecule has 3 aromatic rings. The Morgan fingerprint density at radius 2 is 1.88 bits per heavy atom. The zero-order valence-corrected chi connectivity index (χ0v) is 18.6. The lowest BCUT2D eigenvalue weighted by Gasteiger charge is -2.25. The highest BCUT2D eigenvalue weighted by Crippen LogP contribution is 2.41. The average molecular weight is 431 g/mol. The predicted octanol–water partition coefficient (Wildman–Crippen LogP) is 4.17. The number of aryl methyl sites for hydroxylation is 2. The second-order valence-corrected chi connectivity index (χ2v) is 8.42.